The van der Waals surface area contributed by atoms with Gasteiger partial charge in [-0.25, -0.2) is 0 Å². The van der Waals surface area contributed by atoms with Gasteiger partial charge >= 0.3 is 0 Å². The van der Waals surface area contributed by atoms with Gasteiger partial charge in [0.05, 0.1) is 18.8 Å². The Morgan fingerprint density at radius 2 is 2.33 bits per heavy atom. The summed E-state index contributed by atoms with van der Waals surface area (Å²) < 4.78 is 4.81. The smallest absolute Gasteiger partial charge is 0.290 e. The molecular formula is C10H16N2O3. The molecule has 2 N–H and O–H groups in total. The lowest BCUT2D eigenvalue weighted by Crippen LogP contribution is -2.41. The fourth-order valence-electron chi connectivity index (χ4n) is 1.17. The maximum atomic E-state index is 11.6. The highest BCUT2D eigenvalue weighted by Crippen LogP contribution is 2.07. The predicted octanol–water partition coefficient (Wildman–Crippen LogP) is 0.730. The number of aliphatic hydroxyl groups excluding tert-OH is 1. The number of amides is 1. The molecule has 15 heavy (non-hydrogen) atoms. The Morgan fingerprint density at radius 1 is 1.67 bits per heavy atom. The Labute approximate surface area is 88.5 Å². The van der Waals surface area contributed by atoms with E-state index in [9.17, 15) is 4.79 Å². The third kappa shape index (κ3) is 2.79. The lowest BCUT2D eigenvalue weighted by molar-refractivity contribution is 0.0859. The second kappa shape index (κ2) is 4.93. The van der Waals surface area contributed by atoms with E-state index in [2.05, 4.69) is 10.5 Å². The molecule has 0 radical (unpaired) electrons. The SMILES string of the molecule is Cc1cnoc1C(=O)N[C@H](CO)C(C)C. The zero-order chi connectivity index (χ0) is 11.4. The summed E-state index contributed by atoms with van der Waals surface area (Å²) in [6.07, 6.45) is 1.48. The summed E-state index contributed by atoms with van der Waals surface area (Å²) in [7, 11) is 0. The lowest BCUT2D eigenvalue weighted by Gasteiger charge is -2.18. The number of nitrogens with zero attached hydrogens (tertiary/aromatic N) is 1. The van der Waals surface area contributed by atoms with E-state index in [0.717, 1.165) is 0 Å². The first kappa shape index (κ1) is 11.7. The Morgan fingerprint density at radius 3 is 2.73 bits per heavy atom. The molecule has 1 aromatic rings. The van der Waals surface area contributed by atoms with Crippen molar-refractivity contribution in [2.45, 2.75) is 26.8 Å². The molecular weight excluding hydrogens is 196 g/mol. The van der Waals surface area contributed by atoms with Gasteiger partial charge in [0, 0.05) is 5.56 Å². The van der Waals surface area contributed by atoms with Crippen molar-refractivity contribution in [3.8, 4) is 0 Å². The third-order valence-electron chi connectivity index (χ3n) is 2.27. The van der Waals surface area contributed by atoms with Gasteiger partial charge in [0.1, 0.15) is 0 Å². The topological polar surface area (TPSA) is 75.4 Å². The van der Waals surface area contributed by atoms with Crippen LogP contribution in [0.5, 0.6) is 0 Å². The molecule has 0 unspecified atom stereocenters. The van der Waals surface area contributed by atoms with Gasteiger partial charge in [0.15, 0.2) is 0 Å². The summed E-state index contributed by atoms with van der Waals surface area (Å²) in [4.78, 5) is 11.6. The van der Waals surface area contributed by atoms with Crippen molar-refractivity contribution in [2.75, 3.05) is 6.61 Å². The van der Waals surface area contributed by atoms with Crippen molar-refractivity contribution in [1.29, 1.82) is 0 Å². The fourth-order valence-corrected chi connectivity index (χ4v) is 1.17. The minimum atomic E-state index is -0.335. The van der Waals surface area contributed by atoms with Gasteiger partial charge in [-0.05, 0) is 12.8 Å². The van der Waals surface area contributed by atoms with E-state index >= 15 is 0 Å². The Hall–Kier alpha value is -1.36. The van der Waals surface area contributed by atoms with Gasteiger partial charge in [-0.2, -0.15) is 0 Å². The largest absolute Gasteiger partial charge is 0.394 e. The van der Waals surface area contributed by atoms with Crippen LogP contribution in [0.2, 0.25) is 0 Å². The highest BCUT2D eigenvalue weighted by Gasteiger charge is 2.20. The molecule has 0 saturated carbocycles. The summed E-state index contributed by atoms with van der Waals surface area (Å²) in [5.74, 6) is 0.0361. The summed E-state index contributed by atoms with van der Waals surface area (Å²) >= 11 is 0. The molecule has 1 aromatic heterocycles. The first-order valence-corrected chi connectivity index (χ1v) is 4.89. The van der Waals surface area contributed by atoms with Crippen molar-refractivity contribution in [3.05, 3.63) is 17.5 Å². The Balaban J connectivity index is 2.67. The number of carbonyl (C=O) groups is 1. The second-order valence-electron chi connectivity index (χ2n) is 3.84. The number of aliphatic hydroxyl groups is 1. The van der Waals surface area contributed by atoms with Crippen molar-refractivity contribution in [2.24, 2.45) is 5.92 Å². The molecule has 0 bridgehead atoms. The molecule has 1 heterocycles. The van der Waals surface area contributed by atoms with E-state index in [1.54, 1.807) is 6.92 Å². The van der Waals surface area contributed by atoms with Crippen LogP contribution in [0.1, 0.15) is 30.0 Å². The average Bonchev–Trinajstić information content (AvgIpc) is 2.60. The zero-order valence-corrected chi connectivity index (χ0v) is 9.15. The Kier molecular flexibility index (Phi) is 3.85. The number of nitrogens with one attached hydrogen (secondary N) is 1. The highest BCUT2D eigenvalue weighted by molar-refractivity contribution is 5.92. The predicted molar refractivity (Wildman–Crippen MR) is 54.4 cm³/mol. The van der Waals surface area contributed by atoms with Crippen molar-refractivity contribution in [1.82, 2.24) is 10.5 Å². The molecule has 0 aliphatic heterocycles. The van der Waals surface area contributed by atoms with Crippen molar-refractivity contribution < 1.29 is 14.4 Å². The molecule has 1 rings (SSSR count). The first-order chi connectivity index (χ1) is 7.06. The van der Waals surface area contributed by atoms with Gasteiger partial charge in [0.25, 0.3) is 5.91 Å². The third-order valence-corrected chi connectivity index (χ3v) is 2.27. The molecule has 0 aliphatic rings. The van der Waals surface area contributed by atoms with Crippen LogP contribution in [-0.4, -0.2) is 28.8 Å². The molecule has 1 amide bonds. The quantitative estimate of drug-likeness (QED) is 0.771. The van der Waals surface area contributed by atoms with Crippen LogP contribution in [0.3, 0.4) is 0 Å². The normalized spacial score (nSPS) is 12.9. The summed E-state index contributed by atoms with van der Waals surface area (Å²) in [5, 5.41) is 15.3. The maximum absolute atomic E-state index is 11.6. The highest BCUT2D eigenvalue weighted by atomic mass is 16.5. The van der Waals surface area contributed by atoms with Crippen molar-refractivity contribution in [3.63, 3.8) is 0 Å². The molecule has 0 spiro atoms. The molecule has 0 aromatic carbocycles. The minimum absolute atomic E-state index is 0.0867. The van der Waals surface area contributed by atoms with Crippen LogP contribution in [0, 0.1) is 12.8 Å². The van der Waals surface area contributed by atoms with Gasteiger partial charge in [0.2, 0.25) is 5.76 Å². The zero-order valence-electron chi connectivity index (χ0n) is 9.15. The number of aryl methyl sites for hydroxylation is 1. The van der Waals surface area contributed by atoms with Gasteiger partial charge < -0.3 is 14.9 Å². The first-order valence-electron chi connectivity index (χ1n) is 4.89. The van der Waals surface area contributed by atoms with Crippen LogP contribution >= 0.6 is 0 Å². The summed E-state index contributed by atoms with van der Waals surface area (Å²) in [6, 6.07) is -0.262. The summed E-state index contributed by atoms with van der Waals surface area (Å²) in [5.41, 5.74) is 0.688. The second-order valence-corrected chi connectivity index (χ2v) is 3.84. The van der Waals surface area contributed by atoms with E-state index < -0.39 is 0 Å². The Bertz CT molecular complexity index is 333. The van der Waals surface area contributed by atoms with Crippen LogP contribution in [-0.2, 0) is 0 Å². The molecule has 1 atom stereocenters. The van der Waals surface area contributed by atoms with E-state index in [0.29, 0.717) is 5.56 Å². The molecule has 0 saturated heterocycles. The van der Waals surface area contributed by atoms with Crippen LogP contribution in [0.25, 0.3) is 0 Å². The van der Waals surface area contributed by atoms with Gasteiger partial charge in [-0.1, -0.05) is 19.0 Å². The molecule has 0 aliphatic carbocycles. The molecule has 0 fully saturated rings. The number of aromatic nitrogens is 1. The van der Waals surface area contributed by atoms with Crippen molar-refractivity contribution >= 4 is 5.91 Å². The lowest BCUT2D eigenvalue weighted by atomic mass is 10.1. The molecule has 5 heteroatoms. The van der Waals surface area contributed by atoms with Crippen LogP contribution in [0.4, 0.5) is 0 Å². The molecule has 84 valence electrons. The van der Waals surface area contributed by atoms with E-state index in [1.807, 2.05) is 13.8 Å². The maximum Gasteiger partial charge on any atom is 0.290 e. The number of hydrogen-bond acceptors (Lipinski definition) is 4. The van der Waals surface area contributed by atoms with E-state index in [4.69, 9.17) is 9.63 Å². The van der Waals surface area contributed by atoms with Gasteiger partial charge in [-0.3, -0.25) is 4.79 Å². The van der Waals surface area contributed by atoms with Crippen LogP contribution < -0.4 is 5.32 Å². The van der Waals surface area contributed by atoms with Crippen LogP contribution in [0.15, 0.2) is 10.7 Å². The summed E-state index contributed by atoms with van der Waals surface area (Å²) in [6.45, 7) is 5.51. The standard InChI is InChI=1S/C10H16N2O3/c1-6(2)8(5-13)12-10(14)9-7(3)4-11-15-9/h4,6,8,13H,5H2,1-3H3,(H,12,14)/t8-/m1/s1. The minimum Gasteiger partial charge on any atom is -0.394 e. The van der Waals surface area contributed by atoms with E-state index in [-0.39, 0.29) is 30.2 Å². The average molecular weight is 212 g/mol. The van der Waals surface area contributed by atoms with Gasteiger partial charge in [-0.15, -0.1) is 0 Å². The number of carbonyl (C=O) groups excluding carboxylic acids is 1. The number of rotatable bonds is 4. The fraction of sp³-hybridized carbons (Fsp3) is 0.600. The molecule has 5 nitrogen and oxygen atoms in total. The number of hydrogen-bond donors (Lipinski definition) is 2. The monoisotopic (exact) mass is 212 g/mol. The van der Waals surface area contributed by atoms with E-state index in [1.165, 1.54) is 6.20 Å².